The maximum absolute atomic E-state index is 13.5. The van der Waals surface area contributed by atoms with E-state index in [9.17, 15) is 18.0 Å². The van der Waals surface area contributed by atoms with E-state index in [4.69, 9.17) is 28.4 Å². The predicted molar refractivity (Wildman–Crippen MR) is 161 cm³/mol. The van der Waals surface area contributed by atoms with Crippen molar-refractivity contribution in [1.82, 2.24) is 0 Å². The lowest BCUT2D eigenvalue weighted by molar-refractivity contribution is -0.133. The molecule has 1 saturated heterocycles. The second-order valence-corrected chi connectivity index (χ2v) is 12.4. The topological polar surface area (TPSA) is 124 Å². The Kier molecular flexibility index (Phi) is 12.0. The summed E-state index contributed by atoms with van der Waals surface area (Å²) in [5.41, 5.74) is 0.680. The number of carbonyl (C=O) groups excluding carboxylic acids is 2. The maximum Gasteiger partial charge on any atom is 0.338 e. The fourth-order valence-corrected chi connectivity index (χ4v) is 7.00. The minimum atomic E-state index is -3.72. The van der Waals surface area contributed by atoms with Crippen LogP contribution in [0.2, 0.25) is 0 Å². The summed E-state index contributed by atoms with van der Waals surface area (Å²) in [7, 11) is 0.739. The molecular formula is C33H38O10S. The molecule has 0 aromatic heterocycles. The highest BCUT2D eigenvalue weighted by Gasteiger charge is 2.48. The highest BCUT2D eigenvalue weighted by Crippen LogP contribution is 2.37. The molecule has 5 atom stereocenters. The molecule has 4 rings (SSSR count). The average Bonchev–Trinajstić information content (AvgIpc) is 3.37. The van der Waals surface area contributed by atoms with Gasteiger partial charge in [-0.05, 0) is 36.4 Å². The monoisotopic (exact) mass is 626 g/mol. The first-order chi connectivity index (χ1) is 21.2. The zero-order valence-electron chi connectivity index (χ0n) is 24.9. The number of esters is 2. The molecule has 236 valence electrons. The van der Waals surface area contributed by atoms with Crippen LogP contribution in [0.25, 0.3) is 0 Å². The Bertz CT molecular complexity index is 1430. The van der Waals surface area contributed by atoms with Crippen molar-refractivity contribution in [2.24, 2.45) is 5.92 Å². The van der Waals surface area contributed by atoms with Crippen molar-refractivity contribution in [1.29, 1.82) is 0 Å². The molecule has 3 aromatic rings. The summed E-state index contributed by atoms with van der Waals surface area (Å²) in [5.74, 6) is -2.04. The van der Waals surface area contributed by atoms with E-state index in [0.29, 0.717) is 11.1 Å². The van der Waals surface area contributed by atoms with Gasteiger partial charge in [-0.25, -0.2) is 18.0 Å². The summed E-state index contributed by atoms with van der Waals surface area (Å²) < 4.78 is 61.4. The first kappa shape index (κ1) is 33.3. The van der Waals surface area contributed by atoms with Crippen LogP contribution >= 0.6 is 0 Å². The lowest BCUT2D eigenvalue weighted by Gasteiger charge is -2.26. The van der Waals surface area contributed by atoms with Gasteiger partial charge in [0, 0.05) is 40.1 Å². The first-order valence-corrected chi connectivity index (χ1v) is 15.9. The average molecular weight is 627 g/mol. The molecule has 4 unspecified atom stereocenters. The summed E-state index contributed by atoms with van der Waals surface area (Å²) >= 11 is 0. The number of rotatable bonds is 15. The molecule has 1 aliphatic heterocycles. The van der Waals surface area contributed by atoms with Crippen LogP contribution in [0.1, 0.15) is 33.6 Å². The fraction of sp³-hybridized carbons (Fsp3) is 0.394. The lowest BCUT2D eigenvalue weighted by Crippen LogP contribution is -2.38. The van der Waals surface area contributed by atoms with Crippen molar-refractivity contribution in [3.05, 3.63) is 102 Å². The number of hydrogen-bond acceptors (Lipinski definition) is 10. The molecule has 0 spiro atoms. The van der Waals surface area contributed by atoms with E-state index in [-0.39, 0.29) is 30.1 Å². The summed E-state index contributed by atoms with van der Waals surface area (Å²) in [6.45, 7) is -0.251. The van der Waals surface area contributed by atoms with Crippen LogP contribution in [0, 0.1) is 5.92 Å². The van der Waals surface area contributed by atoms with E-state index in [0.717, 1.165) is 0 Å². The van der Waals surface area contributed by atoms with Crippen molar-refractivity contribution < 1.29 is 46.4 Å². The van der Waals surface area contributed by atoms with Gasteiger partial charge in [-0.3, -0.25) is 0 Å². The maximum atomic E-state index is 13.5. The first-order valence-electron chi connectivity index (χ1n) is 14.3. The van der Waals surface area contributed by atoms with Crippen molar-refractivity contribution >= 4 is 21.8 Å². The Balaban J connectivity index is 1.58. The molecule has 0 aliphatic carbocycles. The number of carbonyl (C=O) groups is 2. The zero-order chi connectivity index (χ0) is 31.5. The Morgan fingerprint density at radius 2 is 1.30 bits per heavy atom. The van der Waals surface area contributed by atoms with E-state index < -0.39 is 58.4 Å². The highest BCUT2D eigenvalue weighted by molar-refractivity contribution is 7.91. The smallest absolute Gasteiger partial charge is 0.338 e. The quantitative estimate of drug-likeness (QED) is 0.178. The SMILES string of the molecule is COC(CC1OC(CC(COC(=O)c2ccccc2)OC(=O)c2ccccc2)[C@H](OC)C1CS(=O)(=O)c1ccccc1)OC. The molecule has 1 fully saturated rings. The Morgan fingerprint density at radius 3 is 1.84 bits per heavy atom. The molecule has 0 N–H and O–H groups in total. The standard InChI is InChI=1S/C33H38O10S/c1-38-30(39-2)20-28-27(22-44(36,37)26-17-11-6-12-18-26)31(40-3)29(43-28)19-25(42-33(35)24-15-9-5-10-16-24)21-41-32(34)23-13-7-4-8-14-23/h4-18,25,27-31H,19-22H2,1-3H3/t25?,27?,28?,29?,31-/m1/s1. The van der Waals surface area contributed by atoms with Gasteiger partial charge in [0.2, 0.25) is 0 Å². The molecule has 3 aromatic carbocycles. The summed E-state index contributed by atoms with van der Waals surface area (Å²) in [4.78, 5) is 26.0. The third-order valence-electron chi connectivity index (χ3n) is 7.54. The molecule has 0 bridgehead atoms. The summed E-state index contributed by atoms with van der Waals surface area (Å²) in [5, 5.41) is 0. The van der Waals surface area contributed by atoms with Gasteiger partial charge in [-0.1, -0.05) is 54.6 Å². The van der Waals surface area contributed by atoms with Gasteiger partial charge in [0.25, 0.3) is 0 Å². The van der Waals surface area contributed by atoms with Crippen molar-refractivity contribution in [3.63, 3.8) is 0 Å². The van der Waals surface area contributed by atoms with Crippen molar-refractivity contribution in [2.45, 2.75) is 48.4 Å². The normalized spacial score (nSPS) is 20.7. The van der Waals surface area contributed by atoms with E-state index in [1.54, 1.807) is 91.0 Å². The minimum Gasteiger partial charge on any atom is -0.458 e. The zero-order valence-corrected chi connectivity index (χ0v) is 25.8. The van der Waals surface area contributed by atoms with Gasteiger partial charge >= 0.3 is 11.9 Å². The Morgan fingerprint density at radius 1 is 0.750 bits per heavy atom. The van der Waals surface area contributed by atoms with Crippen LogP contribution in [0.4, 0.5) is 0 Å². The van der Waals surface area contributed by atoms with Gasteiger partial charge in [-0.15, -0.1) is 0 Å². The van der Waals surface area contributed by atoms with E-state index in [1.807, 2.05) is 0 Å². The molecule has 0 saturated carbocycles. The molecule has 44 heavy (non-hydrogen) atoms. The largest absolute Gasteiger partial charge is 0.458 e. The molecular weight excluding hydrogens is 588 g/mol. The molecule has 11 heteroatoms. The number of methoxy groups -OCH3 is 3. The lowest BCUT2D eigenvalue weighted by atomic mass is 9.94. The van der Waals surface area contributed by atoms with E-state index in [2.05, 4.69) is 0 Å². The molecule has 10 nitrogen and oxygen atoms in total. The summed E-state index contributed by atoms with van der Waals surface area (Å²) in [6, 6.07) is 25.1. The van der Waals surface area contributed by atoms with Gasteiger partial charge < -0.3 is 28.4 Å². The molecule has 1 aliphatic rings. The van der Waals surface area contributed by atoms with Gasteiger partial charge in [0.05, 0.1) is 40.1 Å². The van der Waals surface area contributed by atoms with Gasteiger partial charge in [-0.2, -0.15) is 0 Å². The second kappa shape index (κ2) is 15.9. The number of ether oxygens (including phenoxy) is 6. The second-order valence-electron chi connectivity index (χ2n) is 10.4. The Hall–Kier alpha value is -3.61. The fourth-order valence-electron chi connectivity index (χ4n) is 5.32. The third-order valence-corrected chi connectivity index (χ3v) is 9.35. The van der Waals surface area contributed by atoms with Crippen LogP contribution in [0.3, 0.4) is 0 Å². The summed E-state index contributed by atoms with van der Waals surface area (Å²) in [6.07, 6.45) is -3.32. The highest BCUT2D eigenvalue weighted by atomic mass is 32.2. The van der Waals surface area contributed by atoms with E-state index in [1.165, 1.54) is 21.3 Å². The number of hydrogen-bond donors (Lipinski definition) is 0. The van der Waals surface area contributed by atoms with Crippen LogP contribution in [0.15, 0.2) is 95.9 Å². The van der Waals surface area contributed by atoms with Crippen molar-refractivity contribution in [3.8, 4) is 0 Å². The van der Waals surface area contributed by atoms with Gasteiger partial charge in [0.1, 0.15) is 12.7 Å². The third kappa shape index (κ3) is 8.73. The van der Waals surface area contributed by atoms with Gasteiger partial charge in [0.15, 0.2) is 16.1 Å². The van der Waals surface area contributed by atoms with E-state index >= 15 is 0 Å². The van der Waals surface area contributed by atoms with Crippen LogP contribution in [-0.4, -0.2) is 84.8 Å². The minimum absolute atomic E-state index is 0.0716. The van der Waals surface area contributed by atoms with Crippen molar-refractivity contribution in [2.75, 3.05) is 33.7 Å². The Labute approximate surface area is 258 Å². The molecule has 0 amide bonds. The molecule has 0 radical (unpaired) electrons. The number of benzene rings is 3. The predicted octanol–water partition coefficient (Wildman–Crippen LogP) is 4.34. The molecule has 1 heterocycles. The van der Waals surface area contributed by atoms with Crippen LogP contribution < -0.4 is 0 Å². The van der Waals surface area contributed by atoms with Crippen LogP contribution in [0.5, 0.6) is 0 Å². The van der Waals surface area contributed by atoms with Crippen LogP contribution in [-0.2, 0) is 38.3 Å². The number of sulfone groups is 1.